The number of alkyl halides is 2. The van der Waals surface area contributed by atoms with E-state index in [-0.39, 0.29) is 0 Å². The fourth-order valence-electron chi connectivity index (χ4n) is 5.56. The Labute approximate surface area is 162 Å². The fraction of sp³-hybridized carbons (Fsp3) is 0.750. The van der Waals surface area contributed by atoms with E-state index < -0.39 is 17.8 Å². The molecule has 0 aliphatic heterocycles. The molecule has 152 valence electrons. The second-order valence-corrected chi connectivity index (χ2v) is 8.98. The van der Waals surface area contributed by atoms with Gasteiger partial charge in [-0.05, 0) is 61.0 Å². The van der Waals surface area contributed by atoms with E-state index in [9.17, 15) is 13.2 Å². The third-order valence-corrected chi connectivity index (χ3v) is 7.22. The van der Waals surface area contributed by atoms with Crippen LogP contribution in [-0.4, -0.2) is 0 Å². The van der Waals surface area contributed by atoms with Crippen LogP contribution < -0.4 is 0 Å². The molecule has 0 N–H and O–H groups in total. The van der Waals surface area contributed by atoms with Crippen molar-refractivity contribution in [1.82, 2.24) is 0 Å². The van der Waals surface area contributed by atoms with Gasteiger partial charge in [-0.2, -0.15) is 0 Å². The molecule has 2 fully saturated rings. The predicted octanol–water partition coefficient (Wildman–Crippen LogP) is 8.42. The smallest absolute Gasteiger partial charge is 0.206 e. The quantitative estimate of drug-likeness (QED) is 0.416. The summed E-state index contributed by atoms with van der Waals surface area (Å²) in [5, 5.41) is 0. The molecule has 0 unspecified atom stereocenters. The van der Waals surface area contributed by atoms with Gasteiger partial charge < -0.3 is 0 Å². The van der Waals surface area contributed by atoms with E-state index in [1.54, 1.807) is 6.07 Å². The summed E-state index contributed by atoms with van der Waals surface area (Å²) in [6, 6.07) is 4.40. The highest BCUT2D eigenvalue weighted by Crippen LogP contribution is 2.45. The standard InChI is InChI=1S/C24H35F3/c1-2-3-4-6-17-9-11-18(12-10-17)19-7-5-8-20(15-19)21-13-14-22(24(26)27)23(25)16-21/h13-14,16-20,24H,2-12,15H2,1H3/t17?,18?,19-,20-/m0/s1. The molecule has 0 nitrogen and oxygen atoms in total. The van der Waals surface area contributed by atoms with E-state index in [1.807, 2.05) is 0 Å². The maximum absolute atomic E-state index is 14.0. The second kappa shape index (κ2) is 9.98. The van der Waals surface area contributed by atoms with Crippen molar-refractivity contribution in [2.75, 3.05) is 0 Å². The van der Waals surface area contributed by atoms with Gasteiger partial charge in [0.25, 0.3) is 6.43 Å². The molecular formula is C24H35F3. The Morgan fingerprint density at radius 1 is 0.963 bits per heavy atom. The Kier molecular flexibility index (Phi) is 7.66. The van der Waals surface area contributed by atoms with Gasteiger partial charge in [-0.15, -0.1) is 0 Å². The van der Waals surface area contributed by atoms with Gasteiger partial charge in [-0.25, -0.2) is 13.2 Å². The molecule has 2 aliphatic carbocycles. The van der Waals surface area contributed by atoms with E-state index in [2.05, 4.69) is 6.92 Å². The van der Waals surface area contributed by atoms with Crippen molar-refractivity contribution in [2.45, 2.75) is 96.3 Å². The van der Waals surface area contributed by atoms with Crippen LogP contribution in [0.4, 0.5) is 13.2 Å². The Hall–Kier alpha value is -0.990. The first-order chi connectivity index (χ1) is 13.1. The zero-order chi connectivity index (χ0) is 19.2. The molecule has 0 aromatic heterocycles. The summed E-state index contributed by atoms with van der Waals surface area (Å²) in [4.78, 5) is 0. The largest absolute Gasteiger partial charge is 0.266 e. The molecule has 3 rings (SSSR count). The lowest BCUT2D eigenvalue weighted by Crippen LogP contribution is -2.26. The van der Waals surface area contributed by atoms with E-state index in [4.69, 9.17) is 0 Å². The van der Waals surface area contributed by atoms with Crippen LogP contribution in [0, 0.1) is 23.6 Å². The molecule has 2 saturated carbocycles. The first-order valence-corrected chi connectivity index (χ1v) is 11.2. The molecule has 0 radical (unpaired) electrons. The summed E-state index contributed by atoms with van der Waals surface area (Å²) in [5.41, 5.74) is 0.461. The number of rotatable bonds is 7. The maximum atomic E-state index is 14.0. The molecule has 1 aromatic rings. The van der Waals surface area contributed by atoms with E-state index >= 15 is 0 Å². The van der Waals surface area contributed by atoms with Gasteiger partial charge in [0, 0.05) is 0 Å². The van der Waals surface area contributed by atoms with Crippen LogP contribution in [0.3, 0.4) is 0 Å². The van der Waals surface area contributed by atoms with Crippen molar-refractivity contribution in [3.8, 4) is 0 Å². The van der Waals surface area contributed by atoms with Gasteiger partial charge in [0.05, 0.1) is 5.56 Å². The SMILES string of the molecule is CCCCCC1CCC([C@H]2CCC[C@H](c3ccc(C(F)F)c(F)c3)C2)CC1. The molecule has 3 heteroatoms. The van der Waals surface area contributed by atoms with Crippen molar-refractivity contribution in [1.29, 1.82) is 0 Å². The highest BCUT2D eigenvalue weighted by atomic mass is 19.3. The van der Waals surface area contributed by atoms with Gasteiger partial charge in [0.2, 0.25) is 0 Å². The first-order valence-electron chi connectivity index (χ1n) is 11.2. The highest BCUT2D eigenvalue weighted by Gasteiger charge is 2.32. The van der Waals surface area contributed by atoms with Crippen LogP contribution in [-0.2, 0) is 0 Å². The molecule has 1 aromatic carbocycles. The first kappa shape index (κ1) is 20.7. The molecule has 27 heavy (non-hydrogen) atoms. The summed E-state index contributed by atoms with van der Waals surface area (Å²) >= 11 is 0. The molecule has 2 atom stereocenters. The summed E-state index contributed by atoms with van der Waals surface area (Å²) in [7, 11) is 0. The number of hydrogen-bond donors (Lipinski definition) is 0. The normalized spacial score (nSPS) is 29.2. The Morgan fingerprint density at radius 2 is 1.74 bits per heavy atom. The number of halogens is 3. The van der Waals surface area contributed by atoms with Crippen LogP contribution in [0.1, 0.15) is 107 Å². The van der Waals surface area contributed by atoms with E-state index in [1.165, 1.54) is 76.3 Å². The Morgan fingerprint density at radius 3 is 2.41 bits per heavy atom. The number of benzene rings is 1. The van der Waals surface area contributed by atoms with Crippen molar-refractivity contribution in [3.63, 3.8) is 0 Å². The molecule has 0 heterocycles. The Bertz CT molecular complexity index is 575. The molecule has 0 bridgehead atoms. The van der Waals surface area contributed by atoms with E-state index in [0.29, 0.717) is 5.92 Å². The van der Waals surface area contributed by atoms with Gasteiger partial charge in [-0.3, -0.25) is 0 Å². The lowest BCUT2D eigenvalue weighted by Gasteiger charge is -2.38. The summed E-state index contributed by atoms with van der Waals surface area (Å²) in [6.45, 7) is 2.27. The molecule has 0 spiro atoms. The lowest BCUT2D eigenvalue weighted by atomic mass is 9.67. The van der Waals surface area contributed by atoms with Crippen molar-refractivity contribution in [2.24, 2.45) is 17.8 Å². The minimum atomic E-state index is -2.73. The monoisotopic (exact) mass is 380 g/mol. The average molecular weight is 381 g/mol. The zero-order valence-corrected chi connectivity index (χ0v) is 16.7. The Balaban J connectivity index is 1.53. The van der Waals surface area contributed by atoms with Crippen LogP contribution >= 0.6 is 0 Å². The van der Waals surface area contributed by atoms with Crippen LogP contribution in [0.25, 0.3) is 0 Å². The second-order valence-electron chi connectivity index (χ2n) is 8.98. The van der Waals surface area contributed by atoms with Crippen LogP contribution in [0.2, 0.25) is 0 Å². The number of hydrogen-bond acceptors (Lipinski definition) is 0. The van der Waals surface area contributed by atoms with Crippen molar-refractivity contribution >= 4 is 0 Å². The summed E-state index contributed by atoms with van der Waals surface area (Å²) in [5.74, 6) is 2.09. The van der Waals surface area contributed by atoms with Gasteiger partial charge in [0.1, 0.15) is 5.82 Å². The van der Waals surface area contributed by atoms with Crippen LogP contribution in [0.15, 0.2) is 18.2 Å². The fourth-order valence-corrected chi connectivity index (χ4v) is 5.56. The third kappa shape index (κ3) is 5.51. The molecule has 2 aliphatic rings. The van der Waals surface area contributed by atoms with Gasteiger partial charge >= 0.3 is 0 Å². The minimum absolute atomic E-state index is 0.340. The van der Waals surface area contributed by atoms with Crippen molar-refractivity contribution in [3.05, 3.63) is 35.1 Å². The van der Waals surface area contributed by atoms with E-state index in [0.717, 1.165) is 36.2 Å². The molecular weight excluding hydrogens is 345 g/mol. The van der Waals surface area contributed by atoms with Crippen LogP contribution in [0.5, 0.6) is 0 Å². The summed E-state index contributed by atoms with van der Waals surface area (Å²) in [6.07, 6.45) is 12.9. The predicted molar refractivity (Wildman–Crippen MR) is 106 cm³/mol. The summed E-state index contributed by atoms with van der Waals surface area (Å²) < 4.78 is 39.6. The van der Waals surface area contributed by atoms with Gasteiger partial charge in [0.15, 0.2) is 0 Å². The lowest BCUT2D eigenvalue weighted by molar-refractivity contribution is 0.145. The molecule has 0 amide bonds. The topological polar surface area (TPSA) is 0 Å². The molecule has 0 saturated heterocycles. The van der Waals surface area contributed by atoms with Gasteiger partial charge in [-0.1, -0.05) is 70.4 Å². The number of unbranched alkanes of at least 4 members (excludes halogenated alkanes) is 2. The third-order valence-electron chi connectivity index (χ3n) is 7.22. The zero-order valence-electron chi connectivity index (χ0n) is 16.7. The highest BCUT2D eigenvalue weighted by molar-refractivity contribution is 5.28. The van der Waals surface area contributed by atoms with Crippen molar-refractivity contribution < 1.29 is 13.2 Å². The maximum Gasteiger partial charge on any atom is 0.266 e. The minimum Gasteiger partial charge on any atom is -0.206 e. The average Bonchev–Trinajstić information content (AvgIpc) is 2.68.